The largest absolute Gasteiger partial charge is 0.482 e. The molecule has 1 amide bonds. The van der Waals surface area contributed by atoms with Gasteiger partial charge in [0.1, 0.15) is 11.7 Å². The first-order valence-electron chi connectivity index (χ1n) is 7.60. The second-order valence-electron chi connectivity index (χ2n) is 6.56. The molecule has 24 heavy (non-hydrogen) atoms. The molecule has 8 nitrogen and oxygen atoms in total. The number of hydrogen-bond acceptors (Lipinski definition) is 6. The van der Waals surface area contributed by atoms with Crippen LogP contribution >= 0.6 is 0 Å². The van der Waals surface area contributed by atoms with E-state index in [0.717, 1.165) is 11.1 Å². The number of alkyl carbamates (subject to hydrolysis) is 1. The number of carbonyl (C=O) groups excluding carboxylic acids is 1. The Balaban J connectivity index is 2.00. The number of benzene rings is 1. The molecule has 1 aliphatic heterocycles. The number of hydrogen-bond donors (Lipinski definition) is 1. The van der Waals surface area contributed by atoms with Crippen LogP contribution < -0.4 is 10.1 Å². The molecule has 0 saturated carbocycles. The lowest BCUT2D eigenvalue weighted by Gasteiger charge is -2.21. The molecule has 2 rings (SSSR count). The standard InChI is InChI=1S/C16H21N3O5/c1-10(7-18-15(20)24-16(2,3)4)23-14-6-12-9-17-8-11(12)5-13(14)19(21)22/h5-6,8,10H,7,9H2,1-4H3,(H,18,20)/t10-/m0/s1. The Morgan fingerprint density at radius 2 is 2.17 bits per heavy atom. The van der Waals surface area contributed by atoms with Crippen molar-refractivity contribution in [2.75, 3.05) is 6.54 Å². The van der Waals surface area contributed by atoms with Gasteiger partial charge >= 0.3 is 11.8 Å². The molecular weight excluding hydrogens is 314 g/mol. The minimum absolute atomic E-state index is 0.119. The molecule has 1 heterocycles. The van der Waals surface area contributed by atoms with E-state index >= 15 is 0 Å². The summed E-state index contributed by atoms with van der Waals surface area (Å²) in [6.45, 7) is 7.66. The van der Waals surface area contributed by atoms with E-state index in [4.69, 9.17) is 9.47 Å². The van der Waals surface area contributed by atoms with Gasteiger partial charge in [-0.2, -0.15) is 0 Å². The topological polar surface area (TPSA) is 103 Å². The molecule has 0 saturated heterocycles. The molecule has 0 fully saturated rings. The Labute approximate surface area is 140 Å². The van der Waals surface area contributed by atoms with Crippen LogP contribution in [0.3, 0.4) is 0 Å². The zero-order valence-electron chi connectivity index (χ0n) is 14.2. The summed E-state index contributed by atoms with van der Waals surface area (Å²) in [6, 6.07) is 3.08. The van der Waals surface area contributed by atoms with Gasteiger partial charge in [-0.3, -0.25) is 15.1 Å². The fourth-order valence-electron chi connectivity index (χ4n) is 2.16. The second-order valence-corrected chi connectivity index (χ2v) is 6.56. The molecule has 1 N–H and O–H groups in total. The van der Waals surface area contributed by atoms with Crippen molar-refractivity contribution in [3.05, 3.63) is 33.4 Å². The van der Waals surface area contributed by atoms with Gasteiger partial charge in [0.25, 0.3) is 0 Å². The minimum atomic E-state index is -0.590. The highest BCUT2D eigenvalue weighted by Crippen LogP contribution is 2.32. The third-order valence-corrected chi connectivity index (χ3v) is 3.17. The number of carbonyl (C=O) groups is 1. The molecule has 0 radical (unpaired) electrons. The Morgan fingerprint density at radius 3 is 2.79 bits per heavy atom. The van der Waals surface area contributed by atoms with Crippen molar-refractivity contribution in [3.8, 4) is 5.75 Å². The number of nitro benzene ring substituents is 1. The molecule has 1 aromatic rings. The molecule has 0 aliphatic carbocycles. The van der Waals surface area contributed by atoms with Crippen LogP contribution in [0.25, 0.3) is 0 Å². The first-order valence-corrected chi connectivity index (χ1v) is 7.60. The van der Waals surface area contributed by atoms with E-state index in [-0.39, 0.29) is 18.0 Å². The third-order valence-electron chi connectivity index (χ3n) is 3.17. The van der Waals surface area contributed by atoms with E-state index < -0.39 is 22.7 Å². The summed E-state index contributed by atoms with van der Waals surface area (Å²) in [6.07, 6.45) is 0.589. The lowest BCUT2D eigenvalue weighted by Crippen LogP contribution is -2.37. The number of nitrogens with zero attached hydrogens (tertiary/aromatic N) is 2. The third kappa shape index (κ3) is 4.68. The van der Waals surface area contributed by atoms with Crippen LogP contribution in [0.4, 0.5) is 10.5 Å². The predicted molar refractivity (Wildman–Crippen MR) is 88.7 cm³/mol. The average Bonchev–Trinajstić information content (AvgIpc) is 2.89. The van der Waals surface area contributed by atoms with Crippen molar-refractivity contribution in [1.29, 1.82) is 0 Å². The zero-order chi connectivity index (χ0) is 17.9. The Morgan fingerprint density at radius 1 is 1.46 bits per heavy atom. The Bertz CT molecular complexity index is 679. The van der Waals surface area contributed by atoms with Crippen molar-refractivity contribution >= 4 is 18.0 Å². The van der Waals surface area contributed by atoms with E-state index in [1.54, 1.807) is 40.0 Å². The molecule has 1 aromatic carbocycles. The van der Waals surface area contributed by atoms with Gasteiger partial charge in [-0.05, 0) is 39.3 Å². The molecule has 8 heteroatoms. The summed E-state index contributed by atoms with van der Waals surface area (Å²) in [4.78, 5) is 26.4. The van der Waals surface area contributed by atoms with E-state index in [1.807, 2.05) is 0 Å². The van der Waals surface area contributed by atoms with Gasteiger partial charge < -0.3 is 14.8 Å². The van der Waals surface area contributed by atoms with Crippen molar-refractivity contribution in [2.24, 2.45) is 4.99 Å². The summed E-state index contributed by atoms with van der Waals surface area (Å²) in [5.41, 5.74) is 0.898. The smallest absolute Gasteiger partial charge is 0.407 e. The van der Waals surface area contributed by atoms with E-state index in [0.29, 0.717) is 6.54 Å². The van der Waals surface area contributed by atoms with Crippen molar-refractivity contribution in [2.45, 2.75) is 45.9 Å². The minimum Gasteiger partial charge on any atom is -0.482 e. The lowest BCUT2D eigenvalue weighted by atomic mass is 10.1. The van der Waals surface area contributed by atoms with E-state index in [2.05, 4.69) is 10.3 Å². The first-order chi connectivity index (χ1) is 11.2. The molecule has 1 atom stereocenters. The molecule has 0 unspecified atom stereocenters. The monoisotopic (exact) mass is 335 g/mol. The van der Waals surface area contributed by atoms with Crippen LogP contribution in [0.15, 0.2) is 17.1 Å². The maximum atomic E-state index is 11.6. The summed E-state index contributed by atoms with van der Waals surface area (Å²) < 4.78 is 10.8. The van der Waals surface area contributed by atoms with Crippen LogP contribution in [0, 0.1) is 10.1 Å². The van der Waals surface area contributed by atoms with Crippen LogP contribution in [0.2, 0.25) is 0 Å². The average molecular weight is 335 g/mol. The van der Waals surface area contributed by atoms with Gasteiger partial charge in [-0.25, -0.2) is 4.79 Å². The number of nitrogens with one attached hydrogen (secondary N) is 1. The number of nitro groups is 1. The van der Waals surface area contributed by atoms with Gasteiger partial charge in [0.15, 0.2) is 5.75 Å². The normalized spacial score (nSPS) is 14.0. The summed E-state index contributed by atoms with van der Waals surface area (Å²) in [5, 5.41) is 13.8. The maximum absolute atomic E-state index is 11.6. The summed E-state index contributed by atoms with van der Waals surface area (Å²) in [5.74, 6) is 0.169. The lowest BCUT2D eigenvalue weighted by molar-refractivity contribution is -0.386. The molecule has 130 valence electrons. The number of fused-ring (bicyclic) bond motifs is 1. The van der Waals surface area contributed by atoms with Crippen molar-refractivity contribution < 1.29 is 19.2 Å². The Hall–Kier alpha value is -2.64. The highest BCUT2D eigenvalue weighted by atomic mass is 16.6. The summed E-state index contributed by atoms with van der Waals surface area (Å²) in [7, 11) is 0. The molecule has 1 aliphatic rings. The highest BCUT2D eigenvalue weighted by Gasteiger charge is 2.23. The first kappa shape index (κ1) is 17.7. The van der Waals surface area contributed by atoms with Gasteiger partial charge in [0, 0.05) is 17.8 Å². The van der Waals surface area contributed by atoms with Crippen LogP contribution in [0.5, 0.6) is 5.75 Å². The van der Waals surface area contributed by atoms with Gasteiger partial charge in [0.2, 0.25) is 0 Å². The molecule has 0 aromatic heterocycles. The van der Waals surface area contributed by atoms with Crippen molar-refractivity contribution in [3.63, 3.8) is 0 Å². The van der Waals surface area contributed by atoms with Gasteiger partial charge in [-0.1, -0.05) is 0 Å². The van der Waals surface area contributed by atoms with Crippen LogP contribution in [-0.2, 0) is 11.3 Å². The molecular formula is C16H21N3O5. The maximum Gasteiger partial charge on any atom is 0.407 e. The van der Waals surface area contributed by atoms with E-state index in [9.17, 15) is 14.9 Å². The fraction of sp³-hybridized carbons (Fsp3) is 0.500. The number of aliphatic imine (C=N–C) groups is 1. The van der Waals surface area contributed by atoms with Crippen molar-refractivity contribution in [1.82, 2.24) is 5.32 Å². The van der Waals surface area contributed by atoms with E-state index in [1.165, 1.54) is 6.07 Å². The quantitative estimate of drug-likeness (QED) is 0.658. The predicted octanol–water partition coefficient (Wildman–Crippen LogP) is 2.82. The number of rotatable bonds is 5. The number of ether oxygens (including phenoxy) is 2. The second kappa shape index (κ2) is 6.86. The fourth-order valence-corrected chi connectivity index (χ4v) is 2.16. The van der Waals surface area contributed by atoms with Gasteiger partial charge in [0.05, 0.1) is 18.0 Å². The summed E-state index contributed by atoms with van der Waals surface area (Å²) >= 11 is 0. The molecule has 0 spiro atoms. The SMILES string of the molecule is C[C@@H](CNC(=O)OC(C)(C)C)Oc1cc2c(cc1[N+](=O)[O-])C=NC2. The van der Waals surface area contributed by atoms with Gasteiger partial charge in [-0.15, -0.1) is 0 Å². The van der Waals surface area contributed by atoms with Crippen LogP contribution in [-0.4, -0.2) is 35.5 Å². The highest BCUT2D eigenvalue weighted by molar-refractivity contribution is 5.86. The zero-order valence-corrected chi connectivity index (χ0v) is 14.2. The molecule has 0 bridgehead atoms. The Kier molecular flexibility index (Phi) is 5.06. The number of amides is 1. The van der Waals surface area contributed by atoms with Crippen LogP contribution in [0.1, 0.15) is 38.8 Å².